The van der Waals surface area contributed by atoms with Gasteiger partial charge >= 0.3 is 0 Å². The van der Waals surface area contributed by atoms with Crippen molar-refractivity contribution in [3.8, 4) is 0 Å². The Bertz CT molecular complexity index is 229. The molecule has 2 fully saturated rings. The van der Waals surface area contributed by atoms with Crippen LogP contribution in [0.5, 0.6) is 0 Å². The maximum Gasteiger partial charge on any atom is 0.0107 e. The van der Waals surface area contributed by atoms with Crippen molar-refractivity contribution < 1.29 is 0 Å². The Morgan fingerprint density at radius 1 is 1.06 bits per heavy atom. The summed E-state index contributed by atoms with van der Waals surface area (Å²) in [5.41, 5.74) is 5.89. The average molecular weight is 252 g/mol. The van der Waals surface area contributed by atoms with Crippen LogP contribution in [0.4, 0.5) is 0 Å². The Morgan fingerprint density at radius 3 is 2.67 bits per heavy atom. The molecule has 2 heteroatoms. The van der Waals surface area contributed by atoms with E-state index in [0.29, 0.717) is 6.04 Å². The maximum absolute atomic E-state index is 5.89. The molecule has 0 heterocycles. The second-order valence-corrected chi connectivity index (χ2v) is 6.77. The van der Waals surface area contributed by atoms with Crippen LogP contribution in [0.25, 0.3) is 0 Å². The fourth-order valence-electron chi connectivity index (χ4n) is 4.05. The number of nitrogens with two attached hydrogens (primary N) is 1. The van der Waals surface area contributed by atoms with Gasteiger partial charge in [-0.25, -0.2) is 0 Å². The minimum absolute atomic E-state index is 0.713. The Hall–Kier alpha value is -0.0800. The molecule has 0 amide bonds. The second kappa shape index (κ2) is 7.49. The van der Waals surface area contributed by atoms with Crippen molar-refractivity contribution >= 4 is 0 Å². The summed E-state index contributed by atoms with van der Waals surface area (Å²) < 4.78 is 0. The van der Waals surface area contributed by atoms with Crippen molar-refractivity contribution in [2.75, 3.05) is 13.1 Å². The van der Waals surface area contributed by atoms with E-state index in [2.05, 4.69) is 12.2 Å². The van der Waals surface area contributed by atoms with Gasteiger partial charge in [0.1, 0.15) is 0 Å². The van der Waals surface area contributed by atoms with Gasteiger partial charge in [-0.15, -0.1) is 0 Å². The molecule has 106 valence electrons. The molecule has 0 spiro atoms. The van der Waals surface area contributed by atoms with E-state index in [9.17, 15) is 0 Å². The van der Waals surface area contributed by atoms with Crippen LogP contribution in [-0.4, -0.2) is 19.1 Å². The molecular weight excluding hydrogens is 220 g/mol. The first-order chi connectivity index (χ1) is 8.79. The molecule has 0 aromatic carbocycles. The topological polar surface area (TPSA) is 38.0 Å². The minimum Gasteiger partial charge on any atom is -0.330 e. The first-order valence-electron chi connectivity index (χ1n) is 8.23. The lowest BCUT2D eigenvalue weighted by atomic mass is 9.80. The van der Waals surface area contributed by atoms with Gasteiger partial charge in [-0.1, -0.05) is 39.0 Å². The largest absolute Gasteiger partial charge is 0.330 e. The van der Waals surface area contributed by atoms with Crippen LogP contribution in [0.2, 0.25) is 0 Å². The van der Waals surface area contributed by atoms with Crippen molar-refractivity contribution in [2.45, 2.75) is 70.8 Å². The maximum atomic E-state index is 5.89. The summed E-state index contributed by atoms with van der Waals surface area (Å²) in [7, 11) is 0. The SMILES string of the molecule is CC1CCCC(CCNC2CCCCC2CN)C1. The average Bonchev–Trinajstić information content (AvgIpc) is 2.39. The molecule has 0 aromatic rings. The van der Waals surface area contributed by atoms with E-state index in [1.165, 1.54) is 64.3 Å². The van der Waals surface area contributed by atoms with Crippen LogP contribution >= 0.6 is 0 Å². The van der Waals surface area contributed by atoms with Gasteiger partial charge in [0.05, 0.1) is 0 Å². The Balaban J connectivity index is 1.64. The van der Waals surface area contributed by atoms with Gasteiger partial charge < -0.3 is 11.1 Å². The van der Waals surface area contributed by atoms with Crippen LogP contribution in [0, 0.1) is 17.8 Å². The van der Waals surface area contributed by atoms with E-state index in [4.69, 9.17) is 5.73 Å². The predicted molar refractivity (Wildman–Crippen MR) is 78.5 cm³/mol. The summed E-state index contributed by atoms with van der Waals surface area (Å²) in [5, 5.41) is 3.80. The van der Waals surface area contributed by atoms with Crippen molar-refractivity contribution in [2.24, 2.45) is 23.5 Å². The fourth-order valence-corrected chi connectivity index (χ4v) is 4.05. The molecule has 0 saturated heterocycles. The lowest BCUT2D eigenvalue weighted by Gasteiger charge is -2.33. The summed E-state index contributed by atoms with van der Waals surface area (Å²) in [6.45, 7) is 4.52. The van der Waals surface area contributed by atoms with Crippen molar-refractivity contribution in [1.82, 2.24) is 5.32 Å². The predicted octanol–water partition coefficient (Wildman–Crippen LogP) is 3.31. The third-order valence-electron chi connectivity index (χ3n) is 5.22. The summed E-state index contributed by atoms with van der Waals surface area (Å²) in [6, 6.07) is 0.713. The van der Waals surface area contributed by atoms with E-state index in [-0.39, 0.29) is 0 Å². The molecule has 0 aliphatic heterocycles. The van der Waals surface area contributed by atoms with Crippen LogP contribution in [-0.2, 0) is 0 Å². The van der Waals surface area contributed by atoms with Gasteiger partial charge in [0, 0.05) is 6.04 Å². The Morgan fingerprint density at radius 2 is 1.89 bits per heavy atom. The summed E-state index contributed by atoms with van der Waals surface area (Å²) in [5.74, 6) is 2.69. The molecule has 2 aliphatic carbocycles. The minimum atomic E-state index is 0.713. The highest BCUT2D eigenvalue weighted by Gasteiger charge is 2.24. The normalized spacial score (nSPS) is 37.7. The Kier molecular flexibility index (Phi) is 5.97. The van der Waals surface area contributed by atoms with E-state index < -0.39 is 0 Å². The van der Waals surface area contributed by atoms with E-state index in [1.54, 1.807) is 0 Å². The Labute approximate surface area is 113 Å². The molecular formula is C16H32N2. The number of hydrogen-bond donors (Lipinski definition) is 2. The summed E-state index contributed by atoms with van der Waals surface area (Å²) >= 11 is 0. The lowest BCUT2D eigenvalue weighted by molar-refractivity contribution is 0.239. The zero-order chi connectivity index (χ0) is 12.8. The lowest BCUT2D eigenvalue weighted by Crippen LogP contribution is -2.42. The molecule has 2 aliphatic rings. The van der Waals surface area contributed by atoms with Crippen LogP contribution in [0.1, 0.15) is 64.7 Å². The monoisotopic (exact) mass is 252 g/mol. The molecule has 18 heavy (non-hydrogen) atoms. The van der Waals surface area contributed by atoms with E-state index in [0.717, 1.165) is 24.3 Å². The van der Waals surface area contributed by atoms with Crippen molar-refractivity contribution in [1.29, 1.82) is 0 Å². The standard InChI is InChI=1S/C16H32N2/c1-13-5-4-6-14(11-13)9-10-18-16-8-3-2-7-15(16)12-17/h13-16,18H,2-12,17H2,1H3. The smallest absolute Gasteiger partial charge is 0.0107 e. The quantitative estimate of drug-likeness (QED) is 0.788. The third kappa shape index (κ3) is 4.24. The van der Waals surface area contributed by atoms with Gasteiger partial charge in [0.15, 0.2) is 0 Å². The summed E-state index contributed by atoms with van der Waals surface area (Å²) in [6.07, 6.45) is 12.7. The molecule has 4 atom stereocenters. The van der Waals surface area contributed by atoms with Crippen molar-refractivity contribution in [3.63, 3.8) is 0 Å². The highest BCUT2D eigenvalue weighted by Crippen LogP contribution is 2.30. The fraction of sp³-hybridized carbons (Fsp3) is 1.00. The first-order valence-corrected chi connectivity index (χ1v) is 8.23. The second-order valence-electron chi connectivity index (χ2n) is 6.77. The third-order valence-corrected chi connectivity index (χ3v) is 5.22. The van der Waals surface area contributed by atoms with Crippen LogP contribution in [0.3, 0.4) is 0 Å². The van der Waals surface area contributed by atoms with Gasteiger partial charge in [-0.05, 0) is 56.5 Å². The zero-order valence-electron chi connectivity index (χ0n) is 12.2. The van der Waals surface area contributed by atoms with E-state index in [1.807, 2.05) is 0 Å². The van der Waals surface area contributed by atoms with Crippen molar-refractivity contribution in [3.05, 3.63) is 0 Å². The van der Waals surface area contributed by atoms with Crippen LogP contribution < -0.4 is 11.1 Å². The highest BCUT2D eigenvalue weighted by molar-refractivity contribution is 4.82. The van der Waals surface area contributed by atoms with Crippen LogP contribution in [0.15, 0.2) is 0 Å². The molecule has 3 N–H and O–H groups in total. The molecule has 4 unspecified atom stereocenters. The molecule has 0 aromatic heterocycles. The van der Waals surface area contributed by atoms with E-state index >= 15 is 0 Å². The molecule has 2 rings (SSSR count). The molecule has 0 bridgehead atoms. The summed E-state index contributed by atoms with van der Waals surface area (Å²) in [4.78, 5) is 0. The number of nitrogens with one attached hydrogen (secondary N) is 1. The highest BCUT2D eigenvalue weighted by atomic mass is 14.9. The van der Waals surface area contributed by atoms with Gasteiger partial charge in [0.25, 0.3) is 0 Å². The van der Waals surface area contributed by atoms with Gasteiger partial charge in [0.2, 0.25) is 0 Å². The molecule has 2 nitrogen and oxygen atoms in total. The molecule has 2 saturated carbocycles. The molecule has 0 radical (unpaired) electrons. The zero-order valence-corrected chi connectivity index (χ0v) is 12.2. The van der Waals surface area contributed by atoms with Gasteiger partial charge in [-0.3, -0.25) is 0 Å². The first kappa shape index (κ1) is 14.3. The van der Waals surface area contributed by atoms with Gasteiger partial charge in [-0.2, -0.15) is 0 Å². The number of rotatable bonds is 5. The number of hydrogen-bond acceptors (Lipinski definition) is 2.